The molecule has 700 valence electrons. The SMILES string of the molecule is NC(=O)CN(CC(N)=O)S(=O)(=O)c1cccc(Nc2nc(Nc3cccc(S(=O)(=O)N(CC(N)=O)CC(N)=O)c3)nc(Nc3ccc(-c4ccc(Nc5nc(Nc6cccc(S(=O)(=O)N(CC(N)=O)CC(N)=O)c6)nc(Nc6cccc(S(=O)(=O)N(CC(N)=O)CC(N)=O)c6)n5)cc4S(=O)(=O)[O-])c(S(=O)(=O)[O-])c3)n2)c1.Nc1ccc(-c2ccc(N)cc2S(=O)(=O)[O-])c(S(=O)(=O)[O-])c1.[Na+].[Na+].[Na+].[Na+]. The van der Waals surface area contributed by atoms with Crippen LogP contribution in [0.25, 0.3) is 22.3 Å². The molecular formula is C70H70N26Na4O28S8. The number of anilines is 14. The van der Waals surface area contributed by atoms with E-state index in [1.54, 1.807) is 0 Å². The van der Waals surface area contributed by atoms with Gasteiger partial charge in [-0.15, -0.1) is 0 Å². The maximum Gasteiger partial charge on any atom is 1.00 e. The Morgan fingerprint density at radius 2 is 0.404 bits per heavy atom. The Balaban J connectivity index is 0.00000110. The smallest absolute Gasteiger partial charge is 0.744 e. The van der Waals surface area contributed by atoms with Crippen molar-refractivity contribution in [3.05, 3.63) is 170 Å². The largest absolute Gasteiger partial charge is 1.00 e. The molecule has 0 unspecified atom stereocenters. The second-order valence-electron chi connectivity index (χ2n) is 27.0. The van der Waals surface area contributed by atoms with Gasteiger partial charge in [0.05, 0.1) is 91.5 Å². The third kappa shape index (κ3) is 31.6. The second kappa shape index (κ2) is 47.5. The number of aromatic nitrogens is 6. The summed E-state index contributed by atoms with van der Waals surface area (Å²) < 4.78 is 260. The van der Waals surface area contributed by atoms with Gasteiger partial charge in [0.1, 0.15) is 40.5 Å². The molecule has 8 aromatic carbocycles. The van der Waals surface area contributed by atoms with E-state index in [4.69, 9.17) is 57.3 Å². The Bertz CT molecular complexity index is 6590. The van der Waals surface area contributed by atoms with Crippen LogP contribution in [0.15, 0.2) is 209 Å². The van der Waals surface area contributed by atoms with E-state index in [1.165, 1.54) is 60.7 Å². The molecule has 0 spiro atoms. The first kappa shape index (κ1) is 116. The number of benzene rings is 8. The molecule has 0 radical (unpaired) electrons. The van der Waals surface area contributed by atoms with Crippen LogP contribution in [0.3, 0.4) is 0 Å². The van der Waals surface area contributed by atoms with Crippen LogP contribution in [0.4, 0.5) is 81.2 Å². The van der Waals surface area contributed by atoms with Crippen LogP contribution in [0.1, 0.15) is 0 Å². The van der Waals surface area contributed by atoms with Crippen molar-refractivity contribution in [2.24, 2.45) is 45.9 Å². The molecule has 0 aliphatic carbocycles. The molecule has 2 aromatic heterocycles. The summed E-state index contributed by atoms with van der Waals surface area (Å²) in [5.74, 6) is -12.5. The Labute approximate surface area is 861 Å². The number of primary amides is 8. The summed E-state index contributed by atoms with van der Waals surface area (Å²) in [6, 6.07) is 29.9. The molecule has 0 saturated heterocycles. The van der Waals surface area contributed by atoms with E-state index in [0.29, 0.717) is 29.4 Å². The summed E-state index contributed by atoms with van der Waals surface area (Å²) in [5.41, 5.74) is 49.6. The number of hydrogen-bond donors (Lipinski definition) is 16. The molecule has 0 aliphatic heterocycles. The zero-order valence-corrected chi connectivity index (χ0v) is 85.3. The maximum atomic E-state index is 13.7. The van der Waals surface area contributed by atoms with Gasteiger partial charge in [0.15, 0.2) is 0 Å². The molecule has 66 heteroatoms. The monoisotopic (exact) mass is 2070 g/mol. The normalized spacial score (nSPS) is 11.8. The molecule has 136 heavy (non-hydrogen) atoms. The second-order valence-corrected chi connectivity index (χ2v) is 40.2. The molecule has 8 amide bonds. The van der Waals surface area contributed by atoms with Crippen LogP contribution in [0.5, 0.6) is 0 Å². The molecule has 10 aromatic rings. The Morgan fingerprint density at radius 1 is 0.243 bits per heavy atom. The first-order chi connectivity index (χ1) is 61.3. The van der Waals surface area contributed by atoms with Gasteiger partial charge < -0.3 is 107 Å². The van der Waals surface area contributed by atoms with E-state index in [2.05, 4.69) is 61.8 Å². The van der Waals surface area contributed by atoms with Gasteiger partial charge in [0.2, 0.25) is 123 Å². The molecule has 0 bridgehead atoms. The molecular weight excluding hydrogens is 2000 g/mol. The predicted octanol–water partition coefficient (Wildman–Crippen LogP) is -15.8. The van der Waals surface area contributed by atoms with Gasteiger partial charge in [-0.3, -0.25) is 38.4 Å². The van der Waals surface area contributed by atoms with E-state index < -0.39 is 278 Å². The van der Waals surface area contributed by atoms with Gasteiger partial charge >= 0.3 is 118 Å². The minimum atomic E-state index is -5.77. The summed E-state index contributed by atoms with van der Waals surface area (Å²) in [6.45, 7) is -7.87. The van der Waals surface area contributed by atoms with Gasteiger partial charge in [-0.1, -0.05) is 48.5 Å². The Morgan fingerprint density at radius 3 is 0.574 bits per heavy atom. The molecule has 2 heterocycles. The average molecular weight is 2070 g/mol. The number of carbonyl (C=O) groups is 8. The van der Waals surface area contributed by atoms with Crippen molar-refractivity contribution in [1.82, 2.24) is 47.1 Å². The number of nitrogens with zero attached hydrogens (tertiary/aromatic N) is 10. The minimum absolute atomic E-state index is 0. The van der Waals surface area contributed by atoms with E-state index in [1.807, 2.05) is 0 Å². The standard InChI is InChI=1S/C58H62N24O22S6.C12H12N2O6S2.4Na/c59-45(83)23-79(24-46(60)84)105(91,92)37-9-1-5-31(17-37)67-53-73-54(68-32-6-2-10-38(18-32)106(93,94)80(25-47(61)85)26-48(62)86)76-57(75-53)71-35-13-15-41(43(21-35)109(99,100)101)42-16-14-36(22-44(42)110(102,103)104)72-58-77-55(69-33-7-3-11-39(19-33)107(95,96)81(27-49(63)87)28-50(64)88)74-56(78-58)70-34-8-4-12-40(20-34)108(97,98)82(29-51(65)89)30-52(66)90;13-7-1-3-9(11(5-7)21(15,16)17)10-4-2-8(14)6-12(10)22(18,19)20;;;;/h1-22H,23-30H2,(H2,59,83)(H2,60,84)(H2,61,85)(H2,62,86)(H2,63,87)(H2,64,88)(H2,65,89)(H2,66,90)(H,99,100,101)(H,102,103,104)(H3,67,68,71,73,75,76)(H3,69,70,72,74,77,78);1-6H,13-14H2,(H,15,16,17)(H,18,19,20);;;;/q;;4*+1/p-4. The van der Waals surface area contributed by atoms with Gasteiger partial charge in [-0.25, -0.2) is 67.3 Å². The van der Waals surface area contributed by atoms with Crippen LogP contribution in [-0.4, -0.2) is 232 Å². The fraction of sp³-hybridized carbons (Fsp3) is 0.114. The van der Waals surface area contributed by atoms with E-state index in [0.717, 1.165) is 97.1 Å². The number of hydrogen-bond acceptors (Lipinski definition) is 42. The molecule has 0 saturated carbocycles. The van der Waals surface area contributed by atoms with Crippen molar-refractivity contribution < 1.29 is 242 Å². The topological polar surface area (TPSA) is 925 Å². The summed E-state index contributed by atoms with van der Waals surface area (Å²) in [6.07, 6.45) is 0. The number of nitrogens with one attached hydrogen (secondary N) is 6. The summed E-state index contributed by atoms with van der Waals surface area (Å²) >= 11 is 0. The van der Waals surface area contributed by atoms with Gasteiger partial charge in [0.25, 0.3) is 0 Å². The quantitative estimate of drug-likeness (QED) is 0.00960. The van der Waals surface area contributed by atoms with Crippen molar-refractivity contribution in [1.29, 1.82) is 0 Å². The maximum absolute atomic E-state index is 13.7. The molecule has 0 atom stereocenters. The summed E-state index contributed by atoms with van der Waals surface area (Å²) in [5, 5.41) is 16.1. The molecule has 54 nitrogen and oxygen atoms in total. The van der Waals surface area contributed by atoms with Crippen molar-refractivity contribution in [2.75, 3.05) is 95.7 Å². The van der Waals surface area contributed by atoms with Crippen molar-refractivity contribution in [3.63, 3.8) is 0 Å². The fourth-order valence-electron chi connectivity index (χ4n) is 11.7. The Hall–Kier alpha value is -10.8. The van der Waals surface area contributed by atoms with Gasteiger partial charge in [0, 0.05) is 67.8 Å². The van der Waals surface area contributed by atoms with E-state index in [9.17, 15) is 124 Å². The number of rotatable bonds is 42. The number of sulfonamides is 4. The Kier molecular flexibility index (Phi) is 40.4. The molecule has 0 aliphatic rings. The van der Waals surface area contributed by atoms with E-state index in [-0.39, 0.29) is 163 Å². The van der Waals surface area contributed by atoms with E-state index >= 15 is 0 Å². The minimum Gasteiger partial charge on any atom is -0.744 e. The predicted molar refractivity (Wildman–Crippen MR) is 458 cm³/mol. The van der Waals surface area contributed by atoms with Crippen molar-refractivity contribution in [3.8, 4) is 22.3 Å². The van der Waals surface area contributed by atoms with Crippen LogP contribution < -0.4 is 207 Å². The van der Waals surface area contributed by atoms with Gasteiger partial charge in [-0.2, -0.15) is 47.1 Å². The average Bonchev–Trinajstić information content (AvgIpc) is 0.759. The first-order valence-corrected chi connectivity index (χ1v) is 47.4. The zero-order chi connectivity index (χ0) is 97.9. The third-order valence-corrected chi connectivity index (χ3v) is 27.6. The summed E-state index contributed by atoms with van der Waals surface area (Å²) in [4.78, 5) is 114. The number of amides is 8. The third-order valence-electron chi connectivity index (χ3n) is 17.0. The number of nitrogen functional groups attached to an aromatic ring is 2. The van der Waals surface area contributed by atoms with Crippen molar-refractivity contribution >= 4 is 209 Å². The van der Waals surface area contributed by atoms with Gasteiger partial charge in [-0.05, 0) is 121 Å². The van der Waals surface area contributed by atoms with Crippen LogP contribution in [0, 0.1) is 0 Å². The first-order valence-electron chi connectivity index (χ1n) is 36.0. The van der Waals surface area contributed by atoms with Crippen LogP contribution in [-0.2, 0) is 119 Å². The molecule has 26 N–H and O–H groups in total. The number of carbonyl (C=O) groups excluding carboxylic acids is 8. The van der Waals surface area contributed by atoms with Crippen LogP contribution >= 0.6 is 0 Å². The molecule has 10 rings (SSSR count). The zero-order valence-electron chi connectivity index (χ0n) is 70.8. The van der Waals surface area contributed by atoms with Crippen LogP contribution in [0.2, 0.25) is 0 Å². The fourth-order valence-corrected chi connectivity index (χ4v) is 20.3. The van der Waals surface area contributed by atoms with Crippen molar-refractivity contribution in [2.45, 2.75) is 39.2 Å². The number of nitrogens with two attached hydrogens (primary N) is 10. The summed E-state index contributed by atoms with van der Waals surface area (Å²) in [7, 11) is -40.4. The molecule has 0 fully saturated rings.